The van der Waals surface area contributed by atoms with Gasteiger partial charge in [0.1, 0.15) is 5.54 Å². The lowest BCUT2D eigenvalue weighted by Crippen LogP contribution is -2.56. The maximum Gasteiger partial charge on any atom is 0.331 e. The molecule has 1 fully saturated rings. The number of halogens is 1. The van der Waals surface area contributed by atoms with Crippen molar-refractivity contribution < 1.29 is 14.3 Å². The summed E-state index contributed by atoms with van der Waals surface area (Å²) in [4.78, 5) is 24.6. The summed E-state index contributed by atoms with van der Waals surface area (Å²) in [5.41, 5.74) is 1.18. The topological polar surface area (TPSA) is 55.4 Å². The average Bonchev–Trinajstić information content (AvgIpc) is 2.51. The molecule has 2 rings (SSSR count). The van der Waals surface area contributed by atoms with Gasteiger partial charge < -0.3 is 10.1 Å². The number of methoxy groups -OCH3 is 1. The molecule has 120 valence electrons. The Labute approximate surface area is 139 Å². The molecular weight excluding hydrogens is 346 g/mol. The van der Waals surface area contributed by atoms with Crippen LogP contribution in [0.15, 0.2) is 22.7 Å². The van der Waals surface area contributed by atoms with Crippen LogP contribution >= 0.6 is 15.9 Å². The van der Waals surface area contributed by atoms with E-state index < -0.39 is 5.54 Å². The zero-order valence-electron chi connectivity index (χ0n) is 13.1. The summed E-state index contributed by atoms with van der Waals surface area (Å²) in [6.07, 6.45) is 4.55. The second kappa shape index (κ2) is 7.27. The number of carbonyl (C=O) groups is 2. The highest BCUT2D eigenvalue weighted by Crippen LogP contribution is 2.29. The Morgan fingerprint density at radius 1 is 1.27 bits per heavy atom. The van der Waals surface area contributed by atoms with E-state index >= 15 is 0 Å². The molecule has 1 aliphatic carbocycles. The summed E-state index contributed by atoms with van der Waals surface area (Å²) in [7, 11) is 1.38. The zero-order valence-corrected chi connectivity index (χ0v) is 14.7. The highest BCUT2D eigenvalue weighted by Gasteiger charge is 2.41. The molecule has 0 heterocycles. The Kier molecular flexibility index (Phi) is 5.62. The summed E-state index contributed by atoms with van der Waals surface area (Å²) < 4.78 is 5.87. The fourth-order valence-corrected chi connectivity index (χ4v) is 3.45. The summed E-state index contributed by atoms with van der Waals surface area (Å²) >= 11 is 3.42. The Morgan fingerprint density at radius 3 is 2.59 bits per heavy atom. The fourth-order valence-electron chi connectivity index (χ4n) is 3.05. The molecule has 1 aromatic rings. The minimum absolute atomic E-state index is 0.131. The van der Waals surface area contributed by atoms with Crippen LogP contribution in [-0.2, 0) is 20.7 Å². The van der Waals surface area contributed by atoms with Gasteiger partial charge in [-0.25, -0.2) is 4.79 Å². The van der Waals surface area contributed by atoms with Crippen molar-refractivity contribution in [3.63, 3.8) is 0 Å². The van der Waals surface area contributed by atoms with Crippen molar-refractivity contribution in [1.82, 2.24) is 5.32 Å². The molecule has 0 unspecified atom stereocenters. The first-order valence-electron chi connectivity index (χ1n) is 7.61. The van der Waals surface area contributed by atoms with Gasteiger partial charge in [-0.1, -0.05) is 41.3 Å². The van der Waals surface area contributed by atoms with E-state index in [0.29, 0.717) is 12.8 Å². The molecule has 4 nitrogen and oxygen atoms in total. The van der Waals surface area contributed by atoms with Gasteiger partial charge in [0.05, 0.1) is 13.5 Å². The maximum absolute atomic E-state index is 12.4. The number of carbonyl (C=O) groups excluding carboxylic acids is 2. The molecule has 0 aliphatic heterocycles. The largest absolute Gasteiger partial charge is 0.467 e. The highest BCUT2D eigenvalue weighted by molar-refractivity contribution is 9.10. The predicted molar refractivity (Wildman–Crippen MR) is 88.6 cm³/mol. The molecular formula is C17H22BrNO3. The van der Waals surface area contributed by atoms with Gasteiger partial charge in [-0.15, -0.1) is 0 Å². The lowest BCUT2D eigenvalue weighted by Gasteiger charge is -2.35. The van der Waals surface area contributed by atoms with Crippen molar-refractivity contribution in [2.75, 3.05) is 7.11 Å². The summed E-state index contributed by atoms with van der Waals surface area (Å²) in [6, 6.07) is 5.87. The third kappa shape index (κ3) is 3.88. The van der Waals surface area contributed by atoms with Crippen molar-refractivity contribution >= 4 is 27.8 Å². The van der Waals surface area contributed by atoms with E-state index in [9.17, 15) is 9.59 Å². The second-order valence-electron chi connectivity index (χ2n) is 5.93. The fraction of sp³-hybridized carbons (Fsp3) is 0.529. The molecule has 5 heteroatoms. The lowest BCUT2D eigenvalue weighted by atomic mass is 9.81. The number of benzene rings is 1. The van der Waals surface area contributed by atoms with E-state index in [4.69, 9.17) is 4.74 Å². The van der Waals surface area contributed by atoms with Gasteiger partial charge in [0.2, 0.25) is 5.91 Å². The summed E-state index contributed by atoms with van der Waals surface area (Å²) in [6.45, 7) is 1.98. The number of hydrogen-bond acceptors (Lipinski definition) is 3. The first kappa shape index (κ1) is 17.0. The lowest BCUT2D eigenvalue weighted by molar-refractivity contribution is -0.152. The van der Waals surface area contributed by atoms with Crippen LogP contribution in [0.3, 0.4) is 0 Å². The van der Waals surface area contributed by atoms with E-state index in [2.05, 4.69) is 21.2 Å². The van der Waals surface area contributed by atoms with Crippen LogP contribution in [0.4, 0.5) is 0 Å². The minimum Gasteiger partial charge on any atom is -0.467 e. The van der Waals surface area contributed by atoms with Crippen LogP contribution in [0.2, 0.25) is 0 Å². The first-order chi connectivity index (χ1) is 10.5. The molecule has 1 saturated carbocycles. The molecule has 22 heavy (non-hydrogen) atoms. The van der Waals surface area contributed by atoms with Crippen molar-refractivity contribution in [2.45, 2.75) is 51.0 Å². The van der Waals surface area contributed by atoms with Gasteiger partial charge in [0.15, 0.2) is 0 Å². The van der Waals surface area contributed by atoms with Crippen LogP contribution in [-0.4, -0.2) is 24.5 Å². The van der Waals surface area contributed by atoms with E-state index in [0.717, 1.165) is 34.9 Å². The van der Waals surface area contributed by atoms with Gasteiger partial charge in [-0.2, -0.15) is 0 Å². The summed E-state index contributed by atoms with van der Waals surface area (Å²) in [5.74, 6) is -0.458. The molecule has 0 spiro atoms. The van der Waals surface area contributed by atoms with Gasteiger partial charge in [-0.3, -0.25) is 4.79 Å². The maximum atomic E-state index is 12.4. The Bertz CT molecular complexity index is 565. The van der Waals surface area contributed by atoms with Crippen LogP contribution in [0.5, 0.6) is 0 Å². The standard InChI is InChI=1S/C17H22BrNO3/c1-12-6-7-14(18)10-13(12)11-15(20)19-17(16(21)22-2)8-4-3-5-9-17/h6-7,10H,3-5,8-9,11H2,1-2H3,(H,19,20). The quantitative estimate of drug-likeness (QED) is 0.830. The highest BCUT2D eigenvalue weighted by atomic mass is 79.9. The third-order valence-corrected chi connectivity index (χ3v) is 4.82. The normalized spacial score (nSPS) is 16.9. The minimum atomic E-state index is -0.843. The van der Waals surface area contributed by atoms with Crippen molar-refractivity contribution in [2.24, 2.45) is 0 Å². The molecule has 0 saturated heterocycles. The number of hydrogen-bond donors (Lipinski definition) is 1. The van der Waals surface area contributed by atoms with Gasteiger partial charge in [0, 0.05) is 4.47 Å². The van der Waals surface area contributed by atoms with Crippen molar-refractivity contribution in [3.05, 3.63) is 33.8 Å². The Morgan fingerprint density at radius 2 is 1.95 bits per heavy atom. The second-order valence-corrected chi connectivity index (χ2v) is 6.85. The van der Waals surface area contributed by atoms with Crippen LogP contribution in [0.1, 0.15) is 43.2 Å². The van der Waals surface area contributed by atoms with Crippen LogP contribution < -0.4 is 5.32 Å². The number of amides is 1. The molecule has 0 aromatic heterocycles. The van der Waals surface area contributed by atoms with E-state index in [1.807, 2.05) is 25.1 Å². The predicted octanol–water partition coefficient (Wildman–Crippen LogP) is 3.29. The molecule has 1 aromatic carbocycles. The number of ether oxygens (including phenoxy) is 1. The van der Waals surface area contributed by atoms with Crippen molar-refractivity contribution in [3.8, 4) is 0 Å². The van der Waals surface area contributed by atoms with Crippen LogP contribution in [0.25, 0.3) is 0 Å². The van der Waals surface area contributed by atoms with E-state index in [1.165, 1.54) is 7.11 Å². The zero-order chi connectivity index (χ0) is 16.2. The molecule has 1 N–H and O–H groups in total. The monoisotopic (exact) mass is 367 g/mol. The van der Waals surface area contributed by atoms with Gasteiger partial charge in [0.25, 0.3) is 0 Å². The average molecular weight is 368 g/mol. The summed E-state index contributed by atoms with van der Waals surface area (Å²) in [5, 5.41) is 2.95. The molecule has 0 atom stereocenters. The van der Waals surface area contributed by atoms with E-state index in [-0.39, 0.29) is 18.3 Å². The smallest absolute Gasteiger partial charge is 0.331 e. The van der Waals surface area contributed by atoms with Crippen LogP contribution in [0, 0.1) is 6.92 Å². The molecule has 1 aliphatic rings. The third-order valence-electron chi connectivity index (χ3n) is 4.32. The number of aryl methyl sites for hydroxylation is 1. The molecule has 0 bridgehead atoms. The Hall–Kier alpha value is -1.36. The first-order valence-corrected chi connectivity index (χ1v) is 8.40. The Balaban J connectivity index is 2.11. The molecule has 0 radical (unpaired) electrons. The van der Waals surface area contributed by atoms with Crippen molar-refractivity contribution in [1.29, 1.82) is 0 Å². The van der Waals surface area contributed by atoms with E-state index in [1.54, 1.807) is 0 Å². The molecule has 1 amide bonds. The van der Waals surface area contributed by atoms with Gasteiger partial charge in [-0.05, 0) is 43.0 Å². The SMILES string of the molecule is COC(=O)C1(NC(=O)Cc2cc(Br)ccc2C)CCCCC1. The number of esters is 1. The number of nitrogens with one attached hydrogen (secondary N) is 1. The van der Waals surface area contributed by atoms with Gasteiger partial charge >= 0.3 is 5.97 Å². The number of rotatable bonds is 4.